The molecule has 3 rings (SSSR count). The van der Waals surface area contributed by atoms with Crippen molar-refractivity contribution in [3.05, 3.63) is 35.9 Å². The normalized spacial score (nSPS) is 39.0. The Labute approximate surface area is 108 Å². The Kier molecular flexibility index (Phi) is 2.60. The van der Waals surface area contributed by atoms with Gasteiger partial charge in [-0.25, -0.2) is 0 Å². The Morgan fingerprint density at radius 1 is 1.28 bits per heavy atom. The molecule has 1 aromatic rings. The van der Waals surface area contributed by atoms with Crippen LogP contribution in [0.3, 0.4) is 0 Å². The van der Waals surface area contributed by atoms with E-state index < -0.39 is 5.60 Å². The highest BCUT2D eigenvalue weighted by Gasteiger charge is 2.59. The average molecular weight is 244 g/mol. The number of ketones is 1. The molecule has 1 heterocycles. The topological polar surface area (TPSA) is 26.3 Å². The number of fused-ring (bicyclic) bond motifs is 2. The summed E-state index contributed by atoms with van der Waals surface area (Å²) in [5.41, 5.74) is 0.553. The highest BCUT2D eigenvalue weighted by atomic mass is 16.5. The van der Waals surface area contributed by atoms with Gasteiger partial charge >= 0.3 is 0 Å². The van der Waals surface area contributed by atoms with E-state index in [9.17, 15) is 4.79 Å². The van der Waals surface area contributed by atoms with Crippen LogP contribution in [0.1, 0.15) is 32.3 Å². The highest BCUT2D eigenvalue weighted by molar-refractivity contribution is 5.94. The van der Waals surface area contributed by atoms with Crippen molar-refractivity contribution < 1.29 is 9.53 Å². The van der Waals surface area contributed by atoms with Crippen LogP contribution in [0.25, 0.3) is 0 Å². The summed E-state index contributed by atoms with van der Waals surface area (Å²) >= 11 is 0. The van der Waals surface area contributed by atoms with Gasteiger partial charge in [0.05, 0.1) is 12.0 Å². The van der Waals surface area contributed by atoms with Crippen LogP contribution in [0, 0.1) is 11.3 Å². The van der Waals surface area contributed by atoms with Crippen LogP contribution in [0.4, 0.5) is 0 Å². The number of Topliss-reactive ketones (excluding diaryl/α,β-unsaturated/α-hetero) is 1. The van der Waals surface area contributed by atoms with Gasteiger partial charge in [0.25, 0.3) is 0 Å². The van der Waals surface area contributed by atoms with Gasteiger partial charge in [-0.05, 0) is 37.7 Å². The third-order valence-corrected chi connectivity index (χ3v) is 4.89. The average Bonchev–Trinajstić information content (AvgIpc) is 2.54. The molecule has 0 spiro atoms. The summed E-state index contributed by atoms with van der Waals surface area (Å²) in [4.78, 5) is 12.5. The van der Waals surface area contributed by atoms with E-state index in [1.165, 1.54) is 5.56 Å². The van der Waals surface area contributed by atoms with Gasteiger partial charge in [-0.2, -0.15) is 0 Å². The maximum Gasteiger partial charge on any atom is 0.172 e. The molecule has 1 saturated carbocycles. The highest BCUT2D eigenvalue weighted by Crippen LogP contribution is 2.50. The minimum absolute atomic E-state index is 0.275. The summed E-state index contributed by atoms with van der Waals surface area (Å²) < 4.78 is 5.80. The van der Waals surface area contributed by atoms with E-state index in [-0.39, 0.29) is 5.41 Å². The third kappa shape index (κ3) is 1.63. The van der Waals surface area contributed by atoms with E-state index >= 15 is 0 Å². The van der Waals surface area contributed by atoms with Crippen LogP contribution in [0.15, 0.2) is 30.3 Å². The summed E-state index contributed by atoms with van der Waals surface area (Å²) in [5, 5.41) is 0. The van der Waals surface area contributed by atoms with Gasteiger partial charge in [0.1, 0.15) is 5.60 Å². The van der Waals surface area contributed by atoms with Crippen molar-refractivity contribution in [2.75, 3.05) is 6.61 Å². The minimum Gasteiger partial charge on any atom is -0.366 e. The molecule has 0 unspecified atom stereocenters. The minimum atomic E-state index is -0.498. The fraction of sp³-hybridized carbons (Fsp3) is 0.562. The summed E-state index contributed by atoms with van der Waals surface area (Å²) in [6.45, 7) is 4.65. The molecule has 0 N–H and O–H groups in total. The number of hydrogen-bond acceptors (Lipinski definition) is 2. The lowest BCUT2D eigenvalue weighted by Gasteiger charge is -2.38. The van der Waals surface area contributed by atoms with Gasteiger partial charge in [-0.1, -0.05) is 37.3 Å². The summed E-state index contributed by atoms with van der Waals surface area (Å²) in [6.07, 6.45) is 2.95. The molecule has 1 aromatic carbocycles. The molecule has 96 valence electrons. The van der Waals surface area contributed by atoms with Gasteiger partial charge in [0.15, 0.2) is 5.78 Å². The molecule has 0 radical (unpaired) electrons. The van der Waals surface area contributed by atoms with E-state index in [1.54, 1.807) is 0 Å². The number of ether oxygens (including phenoxy) is 1. The molecule has 0 aromatic heterocycles. The number of hydrogen-bond donors (Lipinski definition) is 0. The largest absolute Gasteiger partial charge is 0.366 e. The first-order valence-electron chi connectivity index (χ1n) is 6.77. The zero-order valence-electron chi connectivity index (χ0n) is 11.1. The molecule has 1 aliphatic heterocycles. The van der Waals surface area contributed by atoms with E-state index in [0.717, 1.165) is 19.3 Å². The second-order valence-corrected chi connectivity index (χ2v) is 6.19. The zero-order chi connectivity index (χ0) is 12.8. The Morgan fingerprint density at radius 2 is 2.00 bits per heavy atom. The van der Waals surface area contributed by atoms with Crippen LogP contribution in [-0.2, 0) is 16.0 Å². The molecule has 2 aliphatic rings. The van der Waals surface area contributed by atoms with Gasteiger partial charge in [-0.3, -0.25) is 4.79 Å². The van der Waals surface area contributed by atoms with E-state index in [4.69, 9.17) is 4.74 Å². The molecule has 1 aliphatic carbocycles. The first-order valence-corrected chi connectivity index (χ1v) is 6.77. The Bertz CT molecular complexity index is 467. The molecular formula is C16H20O2. The smallest absolute Gasteiger partial charge is 0.172 e. The molecule has 18 heavy (non-hydrogen) atoms. The lowest BCUT2D eigenvalue weighted by Crippen LogP contribution is -2.47. The van der Waals surface area contributed by atoms with Crippen molar-refractivity contribution in [2.45, 2.75) is 38.7 Å². The van der Waals surface area contributed by atoms with Crippen LogP contribution >= 0.6 is 0 Å². The predicted molar refractivity (Wildman–Crippen MR) is 70.3 cm³/mol. The predicted octanol–water partition coefficient (Wildman–Crippen LogP) is 3.00. The van der Waals surface area contributed by atoms with E-state index in [0.29, 0.717) is 18.3 Å². The van der Waals surface area contributed by atoms with E-state index in [1.807, 2.05) is 13.0 Å². The molecule has 2 heteroatoms. The Hall–Kier alpha value is -1.15. The Balaban J connectivity index is 1.85. The van der Waals surface area contributed by atoms with Crippen LogP contribution in [0.2, 0.25) is 0 Å². The standard InChI is InChI=1S/C16H20O2/c1-15-11-18-16(2,14(15)17)9-8-13(15)10-12-6-4-3-5-7-12/h3-7,13H,8-11H2,1-2H3/t13-,15-,16+/m0/s1. The zero-order valence-corrected chi connectivity index (χ0v) is 11.1. The Morgan fingerprint density at radius 3 is 2.72 bits per heavy atom. The third-order valence-electron chi connectivity index (χ3n) is 4.89. The SMILES string of the molecule is C[C@]12CC[C@@H](Cc3ccccc3)[C@](C)(CO1)C2=O. The van der Waals surface area contributed by atoms with Crippen molar-refractivity contribution in [3.8, 4) is 0 Å². The van der Waals surface area contributed by atoms with Crippen molar-refractivity contribution in [3.63, 3.8) is 0 Å². The van der Waals surface area contributed by atoms with Gasteiger partial charge < -0.3 is 4.74 Å². The fourth-order valence-corrected chi connectivity index (χ4v) is 3.53. The van der Waals surface area contributed by atoms with Crippen LogP contribution in [0.5, 0.6) is 0 Å². The fourth-order valence-electron chi connectivity index (χ4n) is 3.53. The number of rotatable bonds is 2. The van der Waals surface area contributed by atoms with Crippen molar-refractivity contribution >= 4 is 5.78 Å². The van der Waals surface area contributed by atoms with E-state index in [2.05, 4.69) is 31.2 Å². The van der Waals surface area contributed by atoms with Crippen molar-refractivity contribution in [1.29, 1.82) is 0 Å². The number of benzene rings is 1. The molecule has 3 atom stereocenters. The molecule has 1 saturated heterocycles. The molecular weight excluding hydrogens is 224 g/mol. The first kappa shape index (κ1) is 11.9. The maximum absolute atomic E-state index is 12.5. The lowest BCUT2D eigenvalue weighted by atomic mass is 9.63. The maximum atomic E-state index is 12.5. The molecule has 0 amide bonds. The van der Waals surface area contributed by atoms with Crippen LogP contribution in [-0.4, -0.2) is 18.0 Å². The monoisotopic (exact) mass is 244 g/mol. The summed E-state index contributed by atoms with van der Waals surface area (Å²) in [7, 11) is 0. The van der Waals surface area contributed by atoms with Crippen molar-refractivity contribution in [1.82, 2.24) is 0 Å². The number of carbonyl (C=O) groups excluding carboxylic acids is 1. The molecule has 2 nitrogen and oxygen atoms in total. The quantitative estimate of drug-likeness (QED) is 0.799. The van der Waals surface area contributed by atoms with Gasteiger partial charge in [0.2, 0.25) is 0 Å². The first-order chi connectivity index (χ1) is 8.55. The van der Waals surface area contributed by atoms with Crippen LogP contribution < -0.4 is 0 Å². The molecule has 2 bridgehead atoms. The number of carbonyl (C=O) groups is 1. The summed E-state index contributed by atoms with van der Waals surface area (Å²) in [5.74, 6) is 0.741. The van der Waals surface area contributed by atoms with Crippen molar-refractivity contribution in [2.24, 2.45) is 11.3 Å². The second kappa shape index (κ2) is 3.92. The van der Waals surface area contributed by atoms with Gasteiger partial charge in [0, 0.05) is 0 Å². The molecule has 2 fully saturated rings. The van der Waals surface area contributed by atoms with Gasteiger partial charge in [-0.15, -0.1) is 0 Å². The lowest BCUT2D eigenvalue weighted by molar-refractivity contribution is -0.139. The second-order valence-electron chi connectivity index (χ2n) is 6.19. The summed E-state index contributed by atoms with van der Waals surface area (Å²) in [6, 6.07) is 10.5.